The lowest BCUT2D eigenvalue weighted by Gasteiger charge is -2.26. The molecular weight excluding hydrogens is 275 g/mol. The third-order valence-corrected chi connectivity index (χ3v) is 3.70. The number of rotatable bonds is 1. The third kappa shape index (κ3) is 1.87. The highest BCUT2D eigenvalue weighted by molar-refractivity contribution is 5.97. The number of aromatic nitrogens is 5. The predicted molar refractivity (Wildman–Crippen MR) is 70.9 cm³/mol. The summed E-state index contributed by atoms with van der Waals surface area (Å²) in [6.07, 6.45) is 2.28. The number of imidazole rings is 1. The molecule has 21 heavy (non-hydrogen) atoms. The van der Waals surface area contributed by atoms with Crippen molar-refractivity contribution in [2.75, 3.05) is 6.54 Å². The average Bonchev–Trinajstić information content (AvgIpc) is 3.12. The van der Waals surface area contributed by atoms with Gasteiger partial charge >= 0.3 is 0 Å². The molecule has 1 aliphatic heterocycles. The molecule has 2 N–H and O–H groups in total. The smallest absolute Gasteiger partial charge is 0.257 e. The van der Waals surface area contributed by atoms with Crippen LogP contribution in [0, 0.1) is 5.82 Å². The van der Waals surface area contributed by atoms with Gasteiger partial charge in [0.15, 0.2) is 0 Å². The van der Waals surface area contributed by atoms with Crippen molar-refractivity contribution in [3.63, 3.8) is 0 Å². The second kappa shape index (κ2) is 4.37. The van der Waals surface area contributed by atoms with Gasteiger partial charge in [-0.2, -0.15) is 15.4 Å². The first-order valence-electron chi connectivity index (χ1n) is 6.53. The van der Waals surface area contributed by atoms with Crippen LogP contribution in [0.4, 0.5) is 4.39 Å². The molecule has 0 aliphatic carbocycles. The molecule has 1 amide bonds. The van der Waals surface area contributed by atoms with Gasteiger partial charge in [-0.1, -0.05) is 0 Å². The zero-order chi connectivity index (χ0) is 14.4. The second-order valence-electron chi connectivity index (χ2n) is 4.95. The van der Waals surface area contributed by atoms with E-state index in [1.165, 1.54) is 12.1 Å². The Hall–Kier alpha value is -2.77. The quantitative estimate of drug-likeness (QED) is 0.698. The molecule has 1 aromatic carbocycles. The number of amides is 1. The summed E-state index contributed by atoms with van der Waals surface area (Å²) in [5.74, 6) is -0.936. The van der Waals surface area contributed by atoms with Gasteiger partial charge in [-0.15, -0.1) is 0 Å². The van der Waals surface area contributed by atoms with Crippen LogP contribution in [0.15, 0.2) is 18.5 Å². The highest BCUT2D eigenvalue weighted by Gasteiger charge is 2.25. The van der Waals surface area contributed by atoms with E-state index in [4.69, 9.17) is 0 Å². The summed E-state index contributed by atoms with van der Waals surface area (Å²) >= 11 is 0. The van der Waals surface area contributed by atoms with Gasteiger partial charge in [-0.05, 0) is 6.07 Å². The molecule has 1 aliphatic rings. The number of halogens is 1. The molecule has 0 saturated heterocycles. The Morgan fingerprint density at radius 3 is 2.95 bits per heavy atom. The van der Waals surface area contributed by atoms with E-state index in [0.29, 0.717) is 30.5 Å². The summed E-state index contributed by atoms with van der Waals surface area (Å²) in [6, 6.07) is 2.65. The zero-order valence-corrected chi connectivity index (χ0v) is 10.9. The van der Waals surface area contributed by atoms with Crippen molar-refractivity contribution in [3.8, 4) is 0 Å². The maximum atomic E-state index is 14.1. The van der Waals surface area contributed by atoms with E-state index in [0.717, 1.165) is 11.4 Å². The van der Waals surface area contributed by atoms with E-state index in [2.05, 4.69) is 25.4 Å². The lowest BCUT2D eigenvalue weighted by atomic mass is 10.1. The molecule has 8 heteroatoms. The molecule has 0 fully saturated rings. The van der Waals surface area contributed by atoms with Crippen LogP contribution in [0.3, 0.4) is 0 Å². The van der Waals surface area contributed by atoms with Crippen molar-refractivity contribution in [2.24, 2.45) is 0 Å². The molecule has 2 aromatic heterocycles. The van der Waals surface area contributed by atoms with Crippen molar-refractivity contribution in [1.82, 2.24) is 30.3 Å². The van der Waals surface area contributed by atoms with Crippen molar-refractivity contribution in [2.45, 2.75) is 13.0 Å². The summed E-state index contributed by atoms with van der Waals surface area (Å²) in [4.78, 5) is 21.3. The van der Waals surface area contributed by atoms with E-state index in [1.54, 1.807) is 11.2 Å². The highest BCUT2D eigenvalue weighted by Crippen LogP contribution is 2.21. The number of hydrogen-bond acceptors (Lipinski definition) is 4. The van der Waals surface area contributed by atoms with Crippen molar-refractivity contribution in [3.05, 3.63) is 41.2 Å². The van der Waals surface area contributed by atoms with Crippen LogP contribution in [-0.4, -0.2) is 42.7 Å². The van der Waals surface area contributed by atoms with Gasteiger partial charge in [0.2, 0.25) is 0 Å². The van der Waals surface area contributed by atoms with Gasteiger partial charge in [-0.25, -0.2) is 9.37 Å². The van der Waals surface area contributed by atoms with E-state index in [1.807, 2.05) is 0 Å². The number of nitrogens with zero attached hydrogens (tertiary/aromatic N) is 4. The summed E-state index contributed by atoms with van der Waals surface area (Å²) in [5, 5.41) is 10.1. The Balaban J connectivity index is 1.69. The standard InChI is InChI=1S/C13H11FN6O/c14-8-4-11-10(17-19-18-11)3-7(8)13(21)20-2-1-9-12(5-20)16-6-15-9/h3-4,6H,1-2,5H2,(H,15,16)(H,17,18,19). The van der Waals surface area contributed by atoms with Gasteiger partial charge in [0.25, 0.3) is 5.91 Å². The summed E-state index contributed by atoms with van der Waals surface area (Å²) in [7, 11) is 0. The molecule has 106 valence electrons. The Morgan fingerprint density at radius 2 is 2.10 bits per heavy atom. The lowest BCUT2D eigenvalue weighted by molar-refractivity contribution is 0.0727. The van der Waals surface area contributed by atoms with Crippen LogP contribution in [0.1, 0.15) is 21.7 Å². The Morgan fingerprint density at radius 1 is 1.29 bits per heavy atom. The third-order valence-electron chi connectivity index (χ3n) is 3.70. The number of nitrogens with one attached hydrogen (secondary N) is 2. The molecule has 0 bridgehead atoms. The Bertz CT molecular complexity index is 838. The lowest BCUT2D eigenvalue weighted by Crippen LogP contribution is -2.36. The van der Waals surface area contributed by atoms with Crippen molar-refractivity contribution < 1.29 is 9.18 Å². The fourth-order valence-electron chi connectivity index (χ4n) is 2.58. The normalized spacial score (nSPS) is 14.4. The topological polar surface area (TPSA) is 90.6 Å². The molecule has 0 saturated carbocycles. The number of benzene rings is 1. The maximum Gasteiger partial charge on any atom is 0.257 e. The average molecular weight is 286 g/mol. The minimum Gasteiger partial charge on any atom is -0.347 e. The molecule has 3 heterocycles. The monoisotopic (exact) mass is 286 g/mol. The van der Waals surface area contributed by atoms with E-state index in [9.17, 15) is 9.18 Å². The van der Waals surface area contributed by atoms with Crippen molar-refractivity contribution >= 4 is 16.9 Å². The molecule has 3 aromatic rings. The van der Waals surface area contributed by atoms with Crippen LogP contribution >= 0.6 is 0 Å². The van der Waals surface area contributed by atoms with Crippen LogP contribution in [0.25, 0.3) is 11.0 Å². The number of H-pyrrole nitrogens is 2. The molecule has 0 spiro atoms. The van der Waals surface area contributed by atoms with E-state index < -0.39 is 5.82 Å². The fraction of sp³-hybridized carbons (Fsp3) is 0.231. The number of carbonyl (C=O) groups excluding carboxylic acids is 1. The first-order valence-corrected chi connectivity index (χ1v) is 6.53. The SMILES string of the molecule is O=C(c1cc2n[nH]nc2cc1F)N1CCc2nc[nH]c2C1. The van der Waals surface area contributed by atoms with Crippen molar-refractivity contribution in [1.29, 1.82) is 0 Å². The van der Waals surface area contributed by atoms with Gasteiger partial charge in [0, 0.05) is 19.0 Å². The fourth-order valence-corrected chi connectivity index (χ4v) is 2.58. The zero-order valence-electron chi connectivity index (χ0n) is 10.9. The molecular formula is C13H11FN6O. The number of carbonyl (C=O) groups is 1. The van der Waals surface area contributed by atoms with E-state index >= 15 is 0 Å². The maximum absolute atomic E-state index is 14.1. The number of hydrogen-bond donors (Lipinski definition) is 2. The minimum absolute atomic E-state index is 0.0133. The largest absolute Gasteiger partial charge is 0.347 e. The number of fused-ring (bicyclic) bond motifs is 2. The van der Waals surface area contributed by atoms with Crippen LogP contribution < -0.4 is 0 Å². The van der Waals surface area contributed by atoms with Crippen LogP contribution in [-0.2, 0) is 13.0 Å². The van der Waals surface area contributed by atoms with Gasteiger partial charge < -0.3 is 9.88 Å². The highest BCUT2D eigenvalue weighted by atomic mass is 19.1. The van der Waals surface area contributed by atoms with Gasteiger partial charge in [0.05, 0.1) is 29.8 Å². The summed E-state index contributed by atoms with van der Waals surface area (Å²) in [5.41, 5.74) is 2.75. The number of aromatic amines is 2. The van der Waals surface area contributed by atoms with Gasteiger partial charge in [-0.3, -0.25) is 4.79 Å². The minimum atomic E-state index is -0.586. The summed E-state index contributed by atoms with van der Waals surface area (Å²) < 4.78 is 14.1. The molecule has 0 unspecified atom stereocenters. The molecule has 7 nitrogen and oxygen atoms in total. The molecule has 0 atom stereocenters. The molecule has 4 rings (SSSR count). The van der Waals surface area contributed by atoms with Gasteiger partial charge in [0.1, 0.15) is 16.9 Å². The molecule has 0 radical (unpaired) electrons. The predicted octanol–water partition coefficient (Wildman–Crippen LogP) is 1.02. The van der Waals surface area contributed by atoms with Crippen LogP contribution in [0.5, 0.6) is 0 Å². The first kappa shape index (κ1) is 12.0. The Kier molecular flexibility index (Phi) is 2.50. The Labute approximate surface area is 118 Å². The second-order valence-corrected chi connectivity index (χ2v) is 4.95. The van der Waals surface area contributed by atoms with Crippen LogP contribution in [0.2, 0.25) is 0 Å². The van der Waals surface area contributed by atoms with E-state index in [-0.39, 0.29) is 11.5 Å². The first-order chi connectivity index (χ1) is 10.2. The summed E-state index contributed by atoms with van der Waals surface area (Å²) in [6.45, 7) is 0.928.